The monoisotopic (exact) mass is 341 g/mol. The van der Waals surface area contributed by atoms with Gasteiger partial charge in [0, 0.05) is 6.54 Å². The van der Waals surface area contributed by atoms with Crippen molar-refractivity contribution in [1.29, 1.82) is 0 Å². The van der Waals surface area contributed by atoms with Crippen molar-refractivity contribution in [3.05, 3.63) is 65.0 Å². The smallest absolute Gasteiger partial charge is 0.257 e. The minimum Gasteiger partial charge on any atom is -0.483 e. The number of carbonyl (C=O) groups excluding carboxylic acids is 1. The maximum Gasteiger partial charge on any atom is 0.257 e. The number of halogens is 1. The van der Waals surface area contributed by atoms with Gasteiger partial charge in [-0.05, 0) is 73.4 Å². The van der Waals surface area contributed by atoms with E-state index >= 15 is 0 Å². The number of hydrogen-bond acceptors (Lipinski definition) is 2. The van der Waals surface area contributed by atoms with E-state index in [1.165, 1.54) is 36.1 Å². The summed E-state index contributed by atoms with van der Waals surface area (Å²) < 4.78 is 18.6. The van der Waals surface area contributed by atoms with Crippen LogP contribution in [0.2, 0.25) is 0 Å². The van der Waals surface area contributed by atoms with Gasteiger partial charge in [-0.1, -0.05) is 24.3 Å². The van der Waals surface area contributed by atoms with E-state index in [9.17, 15) is 9.18 Å². The molecule has 0 bridgehead atoms. The lowest BCUT2D eigenvalue weighted by Gasteiger charge is -2.19. The normalized spacial score (nSPS) is 13.2. The Bertz CT molecular complexity index is 712. The van der Waals surface area contributed by atoms with Crippen molar-refractivity contribution in [2.45, 2.75) is 38.5 Å². The van der Waals surface area contributed by atoms with Crippen molar-refractivity contribution in [3.63, 3.8) is 0 Å². The van der Waals surface area contributed by atoms with Crippen LogP contribution in [0.4, 0.5) is 4.39 Å². The van der Waals surface area contributed by atoms with Gasteiger partial charge in [-0.25, -0.2) is 4.39 Å². The molecule has 2 aromatic rings. The van der Waals surface area contributed by atoms with Crippen LogP contribution in [0.15, 0.2) is 42.5 Å². The third-order valence-corrected chi connectivity index (χ3v) is 4.59. The lowest BCUT2D eigenvalue weighted by Crippen LogP contribution is -2.30. The fourth-order valence-electron chi connectivity index (χ4n) is 3.25. The number of rotatable bonds is 7. The van der Waals surface area contributed by atoms with E-state index in [0.29, 0.717) is 6.54 Å². The van der Waals surface area contributed by atoms with Gasteiger partial charge in [0.05, 0.1) is 0 Å². The first-order valence-corrected chi connectivity index (χ1v) is 8.97. The Kier molecular flexibility index (Phi) is 6.04. The molecule has 4 heteroatoms. The zero-order valence-corrected chi connectivity index (χ0v) is 14.4. The van der Waals surface area contributed by atoms with Crippen LogP contribution < -0.4 is 10.1 Å². The first kappa shape index (κ1) is 17.5. The van der Waals surface area contributed by atoms with Crippen LogP contribution in [0, 0.1) is 5.82 Å². The molecule has 0 saturated carbocycles. The van der Waals surface area contributed by atoms with Crippen molar-refractivity contribution >= 4 is 5.91 Å². The Morgan fingerprint density at radius 3 is 2.72 bits per heavy atom. The number of carbonyl (C=O) groups is 1. The second-order valence-electron chi connectivity index (χ2n) is 6.47. The van der Waals surface area contributed by atoms with Crippen molar-refractivity contribution in [2.24, 2.45) is 0 Å². The maximum absolute atomic E-state index is 12.8. The molecule has 0 radical (unpaired) electrons. The van der Waals surface area contributed by atoms with Gasteiger partial charge in [0.2, 0.25) is 0 Å². The number of fused-ring (bicyclic) bond motifs is 1. The van der Waals surface area contributed by atoms with Crippen LogP contribution in [0.3, 0.4) is 0 Å². The lowest BCUT2D eigenvalue weighted by molar-refractivity contribution is -0.123. The molecular weight excluding hydrogens is 317 g/mol. The Labute approximate surface area is 148 Å². The molecule has 0 atom stereocenters. The highest BCUT2D eigenvalue weighted by molar-refractivity contribution is 5.77. The van der Waals surface area contributed by atoms with Gasteiger partial charge in [-0.3, -0.25) is 4.79 Å². The fraction of sp³-hybridized carbons (Fsp3) is 0.381. The Morgan fingerprint density at radius 1 is 1.08 bits per heavy atom. The van der Waals surface area contributed by atoms with Crippen LogP contribution in [0.25, 0.3) is 0 Å². The summed E-state index contributed by atoms with van der Waals surface area (Å²) in [4.78, 5) is 12.0. The van der Waals surface area contributed by atoms with Crippen LogP contribution in [-0.4, -0.2) is 19.1 Å². The molecule has 0 spiro atoms. The minimum atomic E-state index is -0.225. The molecule has 1 aliphatic rings. The average molecular weight is 341 g/mol. The molecule has 132 valence electrons. The van der Waals surface area contributed by atoms with Crippen molar-refractivity contribution in [3.8, 4) is 5.75 Å². The summed E-state index contributed by atoms with van der Waals surface area (Å²) in [5.41, 5.74) is 3.68. The van der Waals surface area contributed by atoms with Gasteiger partial charge in [0.25, 0.3) is 5.91 Å². The standard InChI is InChI=1S/C21H24FNO2/c22-18-12-10-16(11-13-18)5-4-14-23-21(24)15-25-20-9-3-7-17-6-1-2-8-19(17)20/h3,7,9-13H,1-2,4-6,8,14-15H2,(H,23,24). The molecule has 0 fully saturated rings. The van der Waals surface area contributed by atoms with E-state index in [-0.39, 0.29) is 18.3 Å². The van der Waals surface area contributed by atoms with Crippen LogP contribution in [0.1, 0.15) is 36.0 Å². The molecule has 25 heavy (non-hydrogen) atoms. The summed E-state index contributed by atoms with van der Waals surface area (Å²) in [5, 5.41) is 2.88. The Hall–Kier alpha value is -2.36. The number of aryl methyl sites for hydroxylation is 2. The van der Waals surface area contributed by atoms with Gasteiger partial charge in [0.1, 0.15) is 11.6 Å². The molecule has 3 nitrogen and oxygen atoms in total. The summed E-state index contributed by atoms with van der Waals surface area (Å²) in [6.45, 7) is 0.638. The third-order valence-electron chi connectivity index (χ3n) is 4.59. The van der Waals surface area contributed by atoms with Gasteiger partial charge >= 0.3 is 0 Å². The second-order valence-corrected chi connectivity index (χ2v) is 6.47. The Morgan fingerprint density at radius 2 is 1.88 bits per heavy atom. The van der Waals surface area contributed by atoms with E-state index in [0.717, 1.165) is 37.0 Å². The predicted octanol–water partition coefficient (Wildman–Crippen LogP) is 3.83. The van der Waals surface area contributed by atoms with Crippen molar-refractivity contribution < 1.29 is 13.9 Å². The highest BCUT2D eigenvalue weighted by Crippen LogP contribution is 2.29. The summed E-state index contributed by atoms with van der Waals surface area (Å²) in [5.74, 6) is 0.517. The predicted molar refractivity (Wildman–Crippen MR) is 96.3 cm³/mol. The number of nitrogens with one attached hydrogen (secondary N) is 1. The summed E-state index contributed by atoms with van der Waals surface area (Å²) in [6, 6.07) is 12.6. The molecule has 0 aliphatic heterocycles. The minimum absolute atomic E-state index is 0.0486. The molecule has 0 unspecified atom stereocenters. The van der Waals surface area contributed by atoms with Crippen LogP contribution in [-0.2, 0) is 24.1 Å². The maximum atomic E-state index is 12.8. The molecule has 1 N–H and O–H groups in total. The number of amides is 1. The van der Waals surface area contributed by atoms with Crippen LogP contribution in [0.5, 0.6) is 5.75 Å². The topological polar surface area (TPSA) is 38.3 Å². The highest BCUT2D eigenvalue weighted by Gasteiger charge is 2.14. The van der Waals surface area contributed by atoms with E-state index in [4.69, 9.17) is 4.74 Å². The number of benzene rings is 2. The van der Waals surface area contributed by atoms with E-state index in [1.54, 1.807) is 12.1 Å². The first-order chi connectivity index (χ1) is 12.2. The molecule has 0 aromatic heterocycles. The molecule has 1 amide bonds. The largest absolute Gasteiger partial charge is 0.483 e. The van der Waals surface area contributed by atoms with E-state index in [2.05, 4.69) is 11.4 Å². The zero-order valence-electron chi connectivity index (χ0n) is 14.4. The van der Waals surface area contributed by atoms with Crippen LogP contribution >= 0.6 is 0 Å². The summed E-state index contributed by atoms with van der Waals surface area (Å²) in [6.07, 6.45) is 6.17. The molecule has 1 aliphatic carbocycles. The van der Waals surface area contributed by atoms with Gasteiger partial charge < -0.3 is 10.1 Å². The van der Waals surface area contributed by atoms with E-state index < -0.39 is 0 Å². The third kappa shape index (κ3) is 5.05. The summed E-state index contributed by atoms with van der Waals surface area (Å²) >= 11 is 0. The second kappa shape index (κ2) is 8.65. The Balaban J connectivity index is 1.39. The molecule has 2 aromatic carbocycles. The van der Waals surface area contributed by atoms with Crippen molar-refractivity contribution in [2.75, 3.05) is 13.2 Å². The molecule has 0 saturated heterocycles. The first-order valence-electron chi connectivity index (χ1n) is 8.97. The summed E-state index contributed by atoms with van der Waals surface area (Å²) in [7, 11) is 0. The van der Waals surface area contributed by atoms with Gasteiger partial charge in [-0.2, -0.15) is 0 Å². The number of ether oxygens (including phenoxy) is 1. The molecule has 3 rings (SSSR count). The molecule has 0 heterocycles. The SMILES string of the molecule is O=C(COc1cccc2c1CCCC2)NCCCc1ccc(F)cc1. The van der Waals surface area contributed by atoms with Crippen molar-refractivity contribution in [1.82, 2.24) is 5.32 Å². The fourth-order valence-corrected chi connectivity index (χ4v) is 3.25. The van der Waals surface area contributed by atoms with Gasteiger partial charge in [-0.15, -0.1) is 0 Å². The van der Waals surface area contributed by atoms with Gasteiger partial charge in [0.15, 0.2) is 6.61 Å². The zero-order chi connectivity index (χ0) is 17.5. The lowest BCUT2D eigenvalue weighted by atomic mass is 9.91. The average Bonchev–Trinajstić information content (AvgIpc) is 2.65. The quantitative estimate of drug-likeness (QED) is 0.777. The molecular formula is C21H24FNO2. The number of hydrogen-bond donors (Lipinski definition) is 1. The highest BCUT2D eigenvalue weighted by atomic mass is 19.1. The van der Waals surface area contributed by atoms with E-state index in [1.807, 2.05) is 12.1 Å².